The normalized spacial score (nSPS) is 17.1. The quantitative estimate of drug-likeness (QED) is 0.757. The third-order valence-electron chi connectivity index (χ3n) is 5.21. The summed E-state index contributed by atoms with van der Waals surface area (Å²) in [6.45, 7) is 6.47. The molecule has 0 unspecified atom stereocenters. The number of hydrogen-bond donors (Lipinski definition) is 1. The number of aromatic nitrogens is 3. The van der Waals surface area contributed by atoms with E-state index >= 15 is 0 Å². The van der Waals surface area contributed by atoms with Gasteiger partial charge < -0.3 is 19.7 Å². The van der Waals surface area contributed by atoms with Gasteiger partial charge in [0.1, 0.15) is 11.6 Å². The van der Waals surface area contributed by atoms with E-state index in [1.807, 2.05) is 19.2 Å². The van der Waals surface area contributed by atoms with Crippen LogP contribution in [0.25, 0.3) is 0 Å². The first-order chi connectivity index (χ1) is 13.6. The summed E-state index contributed by atoms with van der Waals surface area (Å²) in [7, 11) is 4.21. The third kappa shape index (κ3) is 5.10. The molecule has 0 radical (unpaired) electrons. The average Bonchev–Trinajstić information content (AvgIpc) is 3.17. The second-order valence-electron chi connectivity index (χ2n) is 7.68. The molecule has 1 atom stereocenters. The molecule has 7 heteroatoms. The first-order valence-corrected chi connectivity index (χ1v) is 10.2. The van der Waals surface area contributed by atoms with Crippen LogP contribution in [0.3, 0.4) is 0 Å². The van der Waals surface area contributed by atoms with E-state index in [0.29, 0.717) is 18.0 Å². The summed E-state index contributed by atoms with van der Waals surface area (Å²) in [5, 5.41) is 2.86. The lowest BCUT2D eigenvalue weighted by Gasteiger charge is -2.33. The highest BCUT2D eigenvalue weighted by Crippen LogP contribution is 2.28. The Bertz CT molecular complexity index is 772. The van der Waals surface area contributed by atoms with Crippen LogP contribution in [0.1, 0.15) is 48.3 Å². The molecule has 0 spiro atoms. The number of carbonyl (C=O) groups excluding carboxylic acids is 1. The molecule has 0 aliphatic carbocycles. The molecular weight excluding hydrogens is 352 g/mol. The van der Waals surface area contributed by atoms with Crippen molar-refractivity contribution in [3.05, 3.63) is 42.1 Å². The number of imidazole rings is 1. The minimum atomic E-state index is -0.0452. The second-order valence-corrected chi connectivity index (χ2v) is 7.68. The molecule has 0 saturated carbocycles. The highest BCUT2D eigenvalue weighted by molar-refractivity contribution is 5.94. The van der Waals surface area contributed by atoms with Crippen LogP contribution in [0.5, 0.6) is 0 Å². The largest absolute Gasteiger partial charge is 0.356 e. The van der Waals surface area contributed by atoms with E-state index in [1.165, 1.54) is 5.82 Å². The molecule has 3 heterocycles. The fourth-order valence-electron chi connectivity index (χ4n) is 3.82. The Morgan fingerprint density at radius 3 is 2.96 bits per heavy atom. The maximum atomic E-state index is 12.1. The van der Waals surface area contributed by atoms with Crippen molar-refractivity contribution in [3.8, 4) is 0 Å². The summed E-state index contributed by atoms with van der Waals surface area (Å²) in [5.41, 5.74) is 0.666. The predicted molar refractivity (Wildman–Crippen MR) is 112 cm³/mol. The highest BCUT2D eigenvalue weighted by atomic mass is 16.1. The smallest absolute Gasteiger partial charge is 0.251 e. The van der Waals surface area contributed by atoms with Crippen molar-refractivity contribution in [2.75, 3.05) is 45.2 Å². The molecule has 1 aliphatic heterocycles. The Kier molecular flexibility index (Phi) is 7.03. The van der Waals surface area contributed by atoms with Gasteiger partial charge in [0.2, 0.25) is 0 Å². The predicted octanol–water partition coefficient (Wildman–Crippen LogP) is 2.36. The maximum Gasteiger partial charge on any atom is 0.251 e. The topological polar surface area (TPSA) is 66.3 Å². The van der Waals surface area contributed by atoms with Gasteiger partial charge in [-0.3, -0.25) is 4.79 Å². The first-order valence-electron chi connectivity index (χ1n) is 10.2. The van der Waals surface area contributed by atoms with Crippen molar-refractivity contribution in [2.24, 2.45) is 0 Å². The molecule has 0 aromatic carbocycles. The van der Waals surface area contributed by atoms with E-state index in [9.17, 15) is 4.79 Å². The number of anilines is 1. The van der Waals surface area contributed by atoms with Crippen molar-refractivity contribution < 1.29 is 4.79 Å². The molecule has 7 nitrogen and oxygen atoms in total. The fourth-order valence-corrected chi connectivity index (χ4v) is 3.82. The Morgan fingerprint density at radius 2 is 2.18 bits per heavy atom. The van der Waals surface area contributed by atoms with Crippen molar-refractivity contribution in [2.45, 2.75) is 38.6 Å². The van der Waals surface area contributed by atoms with E-state index in [1.54, 1.807) is 12.3 Å². The first kappa shape index (κ1) is 20.3. The number of nitrogens with zero attached hydrogens (tertiary/aromatic N) is 5. The fraction of sp³-hybridized carbons (Fsp3) is 0.571. The molecule has 152 valence electrons. The van der Waals surface area contributed by atoms with Gasteiger partial charge in [0.05, 0.1) is 0 Å². The van der Waals surface area contributed by atoms with Gasteiger partial charge in [0.15, 0.2) is 0 Å². The lowest BCUT2D eigenvalue weighted by Crippen LogP contribution is -2.36. The van der Waals surface area contributed by atoms with Gasteiger partial charge in [-0.15, -0.1) is 0 Å². The van der Waals surface area contributed by atoms with Gasteiger partial charge >= 0.3 is 0 Å². The molecule has 2 aromatic heterocycles. The lowest BCUT2D eigenvalue weighted by molar-refractivity contribution is 0.0955. The zero-order valence-electron chi connectivity index (χ0n) is 17.3. The van der Waals surface area contributed by atoms with Crippen molar-refractivity contribution in [1.82, 2.24) is 24.8 Å². The van der Waals surface area contributed by atoms with Gasteiger partial charge in [-0.05, 0) is 59.0 Å². The van der Waals surface area contributed by atoms with E-state index in [0.717, 1.165) is 51.3 Å². The van der Waals surface area contributed by atoms with Crippen LogP contribution < -0.4 is 10.2 Å². The van der Waals surface area contributed by atoms with Crippen molar-refractivity contribution in [3.63, 3.8) is 0 Å². The summed E-state index contributed by atoms with van der Waals surface area (Å²) in [6.07, 6.45) is 9.09. The zero-order chi connectivity index (χ0) is 19.9. The van der Waals surface area contributed by atoms with Gasteiger partial charge in [-0.1, -0.05) is 0 Å². The van der Waals surface area contributed by atoms with Crippen molar-refractivity contribution in [1.29, 1.82) is 0 Å². The van der Waals surface area contributed by atoms with Crippen LogP contribution in [0, 0.1) is 0 Å². The van der Waals surface area contributed by atoms with Gasteiger partial charge in [-0.2, -0.15) is 0 Å². The van der Waals surface area contributed by atoms with Gasteiger partial charge in [-0.25, -0.2) is 9.97 Å². The van der Waals surface area contributed by atoms with Crippen LogP contribution in [-0.2, 0) is 6.54 Å². The van der Waals surface area contributed by atoms with Crippen LogP contribution >= 0.6 is 0 Å². The number of rotatable bonds is 8. The Hall–Kier alpha value is -2.41. The number of carbonyl (C=O) groups is 1. The minimum absolute atomic E-state index is 0.0452. The summed E-state index contributed by atoms with van der Waals surface area (Å²) < 4.78 is 2.30. The molecule has 1 amide bonds. The molecule has 3 rings (SSSR count). The summed E-state index contributed by atoms with van der Waals surface area (Å²) >= 11 is 0. The molecule has 1 aliphatic rings. The molecular formula is C21H32N6O. The molecule has 1 N–H and O–H groups in total. The van der Waals surface area contributed by atoms with Gasteiger partial charge in [0.25, 0.3) is 5.91 Å². The summed E-state index contributed by atoms with van der Waals surface area (Å²) in [5.74, 6) is 2.39. The number of pyridine rings is 1. The van der Waals surface area contributed by atoms with Crippen LogP contribution in [0.15, 0.2) is 30.7 Å². The maximum absolute atomic E-state index is 12.1. The minimum Gasteiger partial charge on any atom is -0.356 e. The van der Waals surface area contributed by atoms with Crippen LogP contribution in [0.2, 0.25) is 0 Å². The molecule has 1 fully saturated rings. The lowest BCUT2D eigenvalue weighted by atomic mass is 9.97. The van der Waals surface area contributed by atoms with Crippen LogP contribution in [0.4, 0.5) is 5.82 Å². The number of piperidine rings is 1. The number of nitrogens with one attached hydrogen (secondary N) is 1. The summed E-state index contributed by atoms with van der Waals surface area (Å²) in [6, 6.07) is 3.67. The van der Waals surface area contributed by atoms with E-state index < -0.39 is 0 Å². The molecule has 2 aromatic rings. The third-order valence-corrected chi connectivity index (χ3v) is 5.21. The van der Waals surface area contributed by atoms with Crippen molar-refractivity contribution >= 4 is 11.7 Å². The van der Waals surface area contributed by atoms with E-state index in [-0.39, 0.29) is 5.91 Å². The van der Waals surface area contributed by atoms with Crippen LogP contribution in [-0.4, -0.2) is 65.6 Å². The second kappa shape index (κ2) is 9.68. The molecule has 1 saturated heterocycles. The Balaban J connectivity index is 1.69. The Labute approximate surface area is 167 Å². The standard InChI is InChI=1S/C21H32N6O/c1-4-22-21(28)17-8-9-23-19(15-17)27-12-5-7-18(16-27)20-24-10-14-26(20)13-6-11-25(2)3/h8-10,14-15,18H,4-7,11-13,16H2,1-3H3,(H,22,28)/t18-/m0/s1. The number of hydrogen-bond acceptors (Lipinski definition) is 5. The average molecular weight is 385 g/mol. The van der Waals surface area contributed by atoms with Gasteiger partial charge in [0, 0.05) is 56.3 Å². The Morgan fingerprint density at radius 1 is 1.32 bits per heavy atom. The zero-order valence-corrected chi connectivity index (χ0v) is 17.3. The SMILES string of the molecule is CCNC(=O)c1ccnc(N2CCC[C@H](c3nccn3CCCN(C)C)C2)c1. The monoisotopic (exact) mass is 384 g/mol. The number of amides is 1. The molecule has 28 heavy (non-hydrogen) atoms. The number of aryl methyl sites for hydroxylation is 1. The summed E-state index contributed by atoms with van der Waals surface area (Å²) in [4.78, 5) is 25.9. The molecule has 0 bridgehead atoms. The highest BCUT2D eigenvalue weighted by Gasteiger charge is 2.25. The van der Waals surface area contributed by atoms with E-state index in [2.05, 4.69) is 49.9 Å². The van der Waals surface area contributed by atoms with E-state index in [4.69, 9.17) is 0 Å².